The van der Waals surface area contributed by atoms with Crippen LogP contribution >= 0.6 is 22.9 Å². The van der Waals surface area contributed by atoms with Gasteiger partial charge in [0.05, 0.1) is 34.8 Å². The van der Waals surface area contributed by atoms with Gasteiger partial charge in [0.2, 0.25) is 5.91 Å². The zero-order valence-corrected chi connectivity index (χ0v) is 20.7. The first kappa shape index (κ1) is 23.8. The maximum absolute atomic E-state index is 13.4. The number of ether oxygens (including phenoxy) is 1. The number of hydrogen-bond donors (Lipinski definition) is 0. The molecular formula is C23H28ClN5O3S. The number of halogens is 1. The van der Waals surface area contributed by atoms with E-state index in [0.717, 1.165) is 55.0 Å². The van der Waals surface area contributed by atoms with Crippen LogP contribution in [0.25, 0.3) is 10.2 Å². The SMILES string of the molecule is Cc1ncn(CC(=O)N(CCCN2CCOCC2)c2nc3c(C)ccc(Cl)c3s2)c(=O)c1C. The molecule has 0 unspecified atom stereocenters. The molecule has 10 heteroatoms. The number of carbonyl (C=O) groups excluding carboxylic acids is 1. The predicted molar refractivity (Wildman–Crippen MR) is 132 cm³/mol. The highest BCUT2D eigenvalue weighted by Crippen LogP contribution is 2.35. The average molecular weight is 490 g/mol. The smallest absolute Gasteiger partial charge is 0.256 e. The Morgan fingerprint density at radius 2 is 2.00 bits per heavy atom. The van der Waals surface area contributed by atoms with Crippen LogP contribution in [-0.2, 0) is 16.1 Å². The quantitative estimate of drug-likeness (QED) is 0.507. The van der Waals surface area contributed by atoms with Crippen molar-refractivity contribution in [1.82, 2.24) is 19.4 Å². The molecule has 0 saturated carbocycles. The van der Waals surface area contributed by atoms with Gasteiger partial charge >= 0.3 is 0 Å². The molecule has 0 N–H and O–H groups in total. The number of carbonyl (C=O) groups is 1. The summed E-state index contributed by atoms with van der Waals surface area (Å²) < 4.78 is 7.65. The van der Waals surface area contributed by atoms with Gasteiger partial charge in [-0.1, -0.05) is 29.0 Å². The van der Waals surface area contributed by atoms with Crippen molar-refractivity contribution in [3.63, 3.8) is 0 Å². The number of amides is 1. The highest BCUT2D eigenvalue weighted by Gasteiger charge is 2.23. The largest absolute Gasteiger partial charge is 0.379 e. The molecule has 8 nitrogen and oxygen atoms in total. The van der Waals surface area contributed by atoms with Crippen LogP contribution in [0.3, 0.4) is 0 Å². The van der Waals surface area contributed by atoms with Gasteiger partial charge in [-0.05, 0) is 38.8 Å². The number of aromatic nitrogens is 3. The second-order valence-electron chi connectivity index (χ2n) is 8.28. The first-order valence-corrected chi connectivity index (χ1v) is 12.2. The summed E-state index contributed by atoms with van der Waals surface area (Å²) in [6, 6.07) is 3.78. The monoisotopic (exact) mass is 489 g/mol. The van der Waals surface area contributed by atoms with Crippen LogP contribution in [0, 0.1) is 20.8 Å². The highest BCUT2D eigenvalue weighted by molar-refractivity contribution is 7.23. The molecule has 1 aliphatic rings. The van der Waals surface area contributed by atoms with E-state index in [4.69, 9.17) is 21.3 Å². The van der Waals surface area contributed by atoms with Crippen molar-refractivity contribution >= 4 is 44.2 Å². The summed E-state index contributed by atoms with van der Waals surface area (Å²) in [7, 11) is 0. The fraction of sp³-hybridized carbons (Fsp3) is 0.478. The van der Waals surface area contributed by atoms with Crippen LogP contribution in [0.1, 0.15) is 23.2 Å². The van der Waals surface area contributed by atoms with E-state index >= 15 is 0 Å². The van der Waals surface area contributed by atoms with Crippen molar-refractivity contribution in [3.05, 3.63) is 50.7 Å². The van der Waals surface area contributed by atoms with Crippen LogP contribution in [0.4, 0.5) is 5.13 Å². The molecule has 1 saturated heterocycles. The third kappa shape index (κ3) is 5.27. The Kier molecular flexibility index (Phi) is 7.43. The summed E-state index contributed by atoms with van der Waals surface area (Å²) in [5.41, 5.74) is 2.83. The second-order valence-corrected chi connectivity index (χ2v) is 9.66. The minimum absolute atomic E-state index is 0.0901. The predicted octanol–water partition coefficient (Wildman–Crippen LogP) is 3.19. The summed E-state index contributed by atoms with van der Waals surface area (Å²) in [6.45, 7) is 10.0. The van der Waals surface area contributed by atoms with Gasteiger partial charge in [-0.15, -0.1) is 0 Å². The van der Waals surface area contributed by atoms with E-state index in [-0.39, 0.29) is 18.0 Å². The molecule has 0 spiro atoms. The summed E-state index contributed by atoms with van der Waals surface area (Å²) in [5.74, 6) is -0.197. The molecule has 4 rings (SSSR count). The highest BCUT2D eigenvalue weighted by atomic mass is 35.5. The fourth-order valence-corrected chi connectivity index (χ4v) is 5.19. The van der Waals surface area contributed by atoms with Crippen LogP contribution < -0.4 is 10.5 Å². The molecule has 0 aliphatic carbocycles. The van der Waals surface area contributed by atoms with Gasteiger partial charge in [0.15, 0.2) is 5.13 Å². The molecule has 33 heavy (non-hydrogen) atoms. The number of hydrogen-bond acceptors (Lipinski definition) is 7. The van der Waals surface area contributed by atoms with Crippen LogP contribution in [0.15, 0.2) is 23.3 Å². The van der Waals surface area contributed by atoms with Crippen molar-refractivity contribution < 1.29 is 9.53 Å². The van der Waals surface area contributed by atoms with Crippen molar-refractivity contribution in [3.8, 4) is 0 Å². The van der Waals surface area contributed by atoms with Crippen molar-refractivity contribution in [1.29, 1.82) is 0 Å². The molecule has 3 aromatic rings. The molecule has 0 radical (unpaired) electrons. The first-order valence-electron chi connectivity index (χ1n) is 11.0. The van der Waals surface area contributed by atoms with E-state index in [9.17, 15) is 9.59 Å². The van der Waals surface area contributed by atoms with Gasteiger partial charge in [-0.3, -0.25) is 24.0 Å². The van der Waals surface area contributed by atoms with E-state index in [0.29, 0.717) is 28.0 Å². The second kappa shape index (κ2) is 10.3. The lowest BCUT2D eigenvalue weighted by atomic mass is 10.2. The zero-order chi connectivity index (χ0) is 23.5. The molecule has 1 aromatic carbocycles. The normalized spacial score (nSPS) is 14.7. The van der Waals surface area contributed by atoms with Crippen LogP contribution in [-0.4, -0.2) is 64.7 Å². The number of aryl methyl sites for hydroxylation is 2. The minimum Gasteiger partial charge on any atom is -0.379 e. The van der Waals surface area contributed by atoms with Gasteiger partial charge in [-0.2, -0.15) is 0 Å². The Hall–Kier alpha value is -2.33. The van der Waals surface area contributed by atoms with E-state index in [1.165, 1.54) is 22.2 Å². The maximum Gasteiger partial charge on any atom is 0.256 e. The Balaban J connectivity index is 1.60. The van der Waals surface area contributed by atoms with Gasteiger partial charge in [0.1, 0.15) is 6.54 Å². The molecule has 0 bridgehead atoms. The number of rotatable bonds is 7. The summed E-state index contributed by atoms with van der Waals surface area (Å²) in [4.78, 5) is 39.1. The van der Waals surface area contributed by atoms with Crippen LogP contribution in [0.2, 0.25) is 5.02 Å². The summed E-state index contributed by atoms with van der Waals surface area (Å²) in [6.07, 6.45) is 2.22. The summed E-state index contributed by atoms with van der Waals surface area (Å²) >= 11 is 7.82. The first-order chi connectivity index (χ1) is 15.8. The number of anilines is 1. The third-order valence-corrected chi connectivity index (χ3v) is 7.54. The Morgan fingerprint density at radius 1 is 1.24 bits per heavy atom. The number of benzene rings is 1. The molecule has 2 aromatic heterocycles. The van der Waals surface area contributed by atoms with Gasteiger partial charge in [-0.25, -0.2) is 9.97 Å². The van der Waals surface area contributed by atoms with Gasteiger partial charge in [0.25, 0.3) is 5.56 Å². The number of fused-ring (bicyclic) bond motifs is 1. The van der Waals surface area contributed by atoms with Crippen molar-refractivity contribution in [2.75, 3.05) is 44.3 Å². The molecule has 1 fully saturated rings. The molecule has 176 valence electrons. The molecule has 0 atom stereocenters. The third-order valence-electron chi connectivity index (χ3n) is 6.00. The molecule has 3 heterocycles. The Bertz CT molecular complexity index is 1180. The maximum atomic E-state index is 13.4. The zero-order valence-electron chi connectivity index (χ0n) is 19.1. The van der Waals surface area contributed by atoms with Gasteiger partial charge < -0.3 is 4.74 Å². The lowest BCUT2D eigenvalue weighted by molar-refractivity contribution is -0.119. The Labute approximate surface area is 201 Å². The molecule has 1 aliphatic heterocycles. The number of nitrogens with zero attached hydrogens (tertiary/aromatic N) is 5. The van der Waals surface area contributed by atoms with E-state index in [1.54, 1.807) is 18.7 Å². The molecule has 1 amide bonds. The van der Waals surface area contributed by atoms with E-state index < -0.39 is 0 Å². The van der Waals surface area contributed by atoms with E-state index in [1.807, 2.05) is 19.1 Å². The van der Waals surface area contributed by atoms with Crippen molar-refractivity contribution in [2.45, 2.75) is 33.7 Å². The fourth-order valence-electron chi connectivity index (χ4n) is 3.83. The standard InChI is InChI=1S/C23H28ClN5O3S/c1-15-5-6-18(24)21-20(15)26-23(33-21)29(8-4-7-27-9-11-32-12-10-27)19(30)13-28-14-25-17(3)16(2)22(28)31/h5-6,14H,4,7-13H2,1-3H3. The Morgan fingerprint density at radius 3 is 2.73 bits per heavy atom. The molecular weight excluding hydrogens is 462 g/mol. The average Bonchev–Trinajstić information content (AvgIpc) is 3.27. The lowest BCUT2D eigenvalue weighted by Gasteiger charge is -2.27. The topological polar surface area (TPSA) is 80.6 Å². The summed E-state index contributed by atoms with van der Waals surface area (Å²) in [5, 5.41) is 1.22. The van der Waals surface area contributed by atoms with Crippen molar-refractivity contribution in [2.24, 2.45) is 0 Å². The van der Waals surface area contributed by atoms with E-state index in [2.05, 4.69) is 9.88 Å². The lowest BCUT2D eigenvalue weighted by Crippen LogP contribution is -2.41. The van der Waals surface area contributed by atoms with Crippen LogP contribution in [0.5, 0.6) is 0 Å². The number of thiazole rings is 1. The minimum atomic E-state index is -0.202. The number of morpholine rings is 1. The van der Waals surface area contributed by atoms with Gasteiger partial charge in [0, 0.05) is 37.4 Å².